The third kappa shape index (κ3) is 4.27. The molecule has 0 N–H and O–H groups in total. The fourth-order valence-electron chi connectivity index (χ4n) is 2.32. The van der Waals surface area contributed by atoms with Gasteiger partial charge in [0.2, 0.25) is 0 Å². The Labute approximate surface area is 125 Å². The predicted octanol–water partition coefficient (Wildman–Crippen LogP) is 2.32. The van der Waals surface area contributed by atoms with Crippen LogP contribution < -0.4 is 4.74 Å². The van der Waals surface area contributed by atoms with E-state index >= 15 is 0 Å². The Hall–Kier alpha value is -1.43. The van der Waals surface area contributed by atoms with Gasteiger partial charge >= 0.3 is 0 Å². The van der Waals surface area contributed by atoms with Crippen LogP contribution in [0.3, 0.4) is 0 Å². The van der Waals surface area contributed by atoms with Gasteiger partial charge in [-0.2, -0.15) is 0 Å². The molecular formula is C16H22O5. The summed E-state index contributed by atoms with van der Waals surface area (Å²) in [5.41, 5.74) is 1.04. The fourth-order valence-corrected chi connectivity index (χ4v) is 2.32. The van der Waals surface area contributed by atoms with Crippen LogP contribution >= 0.6 is 0 Å². The first-order valence-electron chi connectivity index (χ1n) is 6.98. The molecule has 0 aromatic heterocycles. The summed E-state index contributed by atoms with van der Waals surface area (Å²) < 4.78 is 22.1. The van der Waals surface area contributed by atoms with E-state index in [1.165, 1.54) is 6.92 Å². The third-order valence-corrected chi connectivity index (χ3v) is 3.29. The van der Waals surface area contributed by atoms with Crippen molar-refractivity contribution < 1.29 is 23.7 Å². The Morgan fingerprint density at radius 1 is 1.24 bits per heavy atom. The molecule has 0 unspecified atom stereocenters. The molecule has 1 aliphatic rings. The predicted molar refractivity (Wildman–Crippen MR) is 77.2 cm³/mol. The van der Waals surface area contributed by atoms with Gasteiger partial charge in [0.05, 0.1) is 20.3 Å². The highest BCUT2D eigenvalue weighted by Gasteiger charge is 2.43. The summed E-state index contributed by atoms with van der Waals surface area (Å²) in [5, 5.41) is 0. The molecule has 1 aliphatic heterocycles. The van der Waals surface area contributed by atoms with Gasteiger partial charge in [-0.25, -0.2) is 0 Å². The van der Waals surface area contributed by atoms with E-state index in [4.69, 9.17) is 18.9 Å². The van der Waals surface area contributed by atoms with Gasteiger partial charge in [-0.05, 0) is 38.5 Å². The molecule has 116 valence electrons. The van der Waals surface area contributed by atoms with E-state index in [0.717, 1.165) is 11.3 Å². The summed E-state index contributed by atoms with van der Waals surface area (Å²) in [6.45, 7) is 5.87. The van der Waals surface area contributed by atoms with Crippen LogP contribution in [-0.2, 0) is 25.6 Å². The van der Waals surface area contributed by atoms with Crippen molar-refractivity contribution in [2.75, 3.05) is 13.7 Å². The lowest BCUT2D eigenvalue weighted by molar-refractivity contribution is -0.156. The molecule has 1 aromatic rings. The monoisotopic (exact) mass is 294 g/mol. The Bertz CT molecular complexity index is 480. The number of ketones is 1. The summed E-state index contributed by atoms with van der Waals surface area (Å²) in [4.78, 5) is 11.6. The van der Waals surface area contributed by atoms with Crippen molar-refractivity contribution in [2.45, 2.75) is 45.4 Å². The molecule has 1 fully saturated rings. The van der Waals surface area contributed by atoms with Gasteiger partial charge in [-0.15, -0.1) is 0 Å². The molecule has 1 heterocycles. The van der Waals surface area contributed by atoms with E-state index in [9.17, 15) is 4.79 Å². The normalized spacial score (nSPS) is 24.0. The summed E-state index contributed by atoms with van der Waals surface area (Å²) >= 11 is 0. The number of Topliss-reactive ketones (excluding diaryl/α,β-unsaturated/α-hetero) is 1. The number of carbonyl (C=O) groups excluding carboxylic acids is 1. The smallest absolute Gasteiger partial charge is 0.164 e. The SMILES string of the molecule is COc1ccc(COC[C@H]2OC(C)(C)O[C@H]2C(C)=O)cc1. The average molecular weight is 294 g/mol. The highest BCUT2D eigenvalue weighted by Crippen LogP contribution is 2.29. The molecule has 0 bridgehead atoms. The second-order valence-electron chi connectivity index (χ2n) is 5.57. The van der Waals surface area contributed by atoms with Crippen molar-refractivity contribution in [3.8, 4) is 5.75 Å². The molecule has 0 spiro atoms. The quantitative estimate of drug-likeness (QED) is 0.806. The second kappa shape index (κ2) is 6.56. The number of benzene rings is 1. The van der Waals surface area contributed by atoms with E-state index < -0.39 is 11.9 Å². The Morgan fingerprint density at radius 3 is 2.48 bits per heavy atom. The van der Waals surface area contributed by atoms with Gasteiger partial charge in [-0.1, -0.05) is 12.1 Å². The van der Waals surface area contributed by atoms with Crippen LogP contribution in [0.25, 0.3) is 0 Å². The van der Waals surface area contributed by atoms with Gasteiger partial charge in [-0.3, -0.25) is 4.79 Å². The highest BCUT2D eigenvalue weighted by molar-refractivity contribution is 5.81. The van der Waals surface area contributed by atoms with Crippen molar-refractivity contribution in [2.24, 2.45) is 0 Å². The van der Waals surface area contributed by atoms with E-state index in [-0.39, 0.29) is 11.9 Å². The zero-order valence-corrected chi connectivity index (χ0v) is 12.9. The van der Waals surface area contributed by atoms with Crippen LogP contribution in [0.4, 0.5) is 0 Å². The largest absolute Gasteiger partial charge is 0.497 e. The van der Waals surface area contributed by atoms with Crippen molar-refractivity contribution in [1.82, 2.24) is 0 Å². The molecule has 1 saturated heterocycles. The maximum absolute atomic E-state index is 11.6. The minimum Gasteiger partial charge on any atom is -0.497 e. The van der Waals surface area contributed by atoms with Crippen LogP contribution in [0, 0.1) is 0 Å². The maximum atomic E-state index is 11.6. The summed E-state index contributed by atoms with van der Waals surface area (Å²) in [6.07, 6.45) is -0.924. The number of ether oxygens (including phenoxy) is 4. The van der Waals surface area contributed by atoms with Crippen LogP contribution in [0.2, 0.25) is 0 Å². The first kappa shape index (κ1) is 15.9. The first-order valence-corrected chi connectivity index (χ1v) is 6.98. The van der Waals surface area contributed by atoms with Gasteiger partial charge in [0.25, 0.3) is 0 Å². The van der Waals surface area contributed by atoms with Gasteiger partial charge in [0.15, 0.2) is 11.6 Å². The Kier molecular flexibility index (Phi) is 4.98. The van der Waals surface area contributed by atoms with E-state index in [1.54, 1.807) is 21.0 Å². The van der Waals surface area contributed by atoms with Crippen molar-refractivity contribution in [3.63, 3.8) is 0 Å². The summed E-state index contributed by atoms with van der Waals surface area (Å²) in [6, 6.07) is 7.65. The van der Waals surface area contributed by atoms with Crippen molar-refractivity contribution >= 4 is 5.78 Å². The lowest BCUT2D eigenvalue weighted by Gasteiger charge is -2.16. The highest BCUT2D eigenvalue weighted by atomic mass is 16.8. The summed E-state index contributed by atoms with van der Waals surface area (Å²) in [7, 11) is 1.63. The molecule has 5 nitrogen and oxygen atoms in total. The third-order valence-electron chi connectivity index (χ3n) is 3.29. The number of carbonyl (C=O) groups is 1. The van der Waals surface area contributed by atoms with Gasteiger partial charge in [0.1, 0.15) is 18.0 Å². The molecule has 2 rings (SSSR count). The molecule has 21 heavy (non-hydrogen) atoms. The lowest BCUT2D eigenvalue weighted by Crippen LogP contribution is -2.33. The Morgan fingerprint density at radius 2 is 1.90 bits per heavy atom. The summed E-state index contributed by atoms with van der Waals surface area (Å²) in [5.74, 6) is 0.0214. The van der Waals surface area contributed by atoms with Crippen molar-refractivity contribution in [1.29, 1.82) is 0 Å². The molecule has 2 atom stereocenters. The maximum Gasteiger partial charge on any atom is 0.164 e. The van der Waals surface area contributed by atoms with E-state index in [2.05, 4.69) is 0 Å². The zero-order valence-electron chi connectivity index (χ0n) is 12.9. The number of rotatable bonds is 6. The van der Waals surface area contributed by atoms with Crippen LogP contribution in [0.1, 0.15) is 26.3 Å². The van der Waals surface area contributed by atoms with Crippen LogP contribution in [0.5, 0.6) is 5.75 Å². The van der Waals surface area contributed by atoms with Gasteiger partial charge in [0, 0.05) is 0 Å². The Balaban J connectivity index is 1.85. The van der Waals surface area contributed by atoms with Crippen molar-refractivity contribution in [3.05, 3.63) is 29.8 Å². The second-order valence-corrected chi connectivity index (χ2v) is 5.57. The van der Waals surface area contributed by atoms with Crippen LogP contribution in [0.15, 0.2) is 24.3 Å². The number of methoxy groups -OCH3 is 1. The topological polar surface area (TPSA) is 54.0 Å². The first-order chi connectivity index (χ1) is 9.91. The molecule has 0 saturated carbocycles. The van der Waals surface area contributed by atoms with Gasteiger partial charge < -0.3 is 18.9 Å². The molecule has 0 amide bonds. The lowest BCUT2D eigenvalue weighted by atomic mass is 10.1. The van der Waals surface area contributed by atoms with E-state index in [1.807, 2.05) is 24.3 Å². The average Bonchev–Trinajstić information content (AvgIpc) is 2.75. The molecule has 5 heteroatoms. The molecule has 0 radical (unpaired) electrons. The number of hydrogen-bond acceptors (Lipinski definition) is 5. The molecule has 0 aliphatic carbocycles. The molecular weight excluding hydrogens is 272 g/mol. The minimum absolute atomic E-state index is 0.0429. The minimum atomic E-state index is -0.746. The zero-order chi connectivity index (χ0) is 15.5. The van der Waals surface area contributed by atoms with E-state index in [0.29, 0.717) is 13.2 Å². The van der Waals surface area contributed by atoms with Crippen LogP contribution in [-0.4, -0.2) is 37.5 Å². The molecule has 1 aromatic carbocycles. The standard InChI is InChI=1S/C16H22O5/c1-11(17)15-14(20-16(2,3)21-15)10-19-9-12-5-7-13(18-4)8-6-12/h5-8,14-15H,9-10H2,1-4H3/t14-,15+/m1/s1. The number of hydrogen-bond donors (Lipinski definition) is 0. The fraction of sp³-hybridized carbons (Fsp3) is 0.562.